The Labute approximate surface area is 568 Å². The molecule has 6 atom stereocenters. The first-order chi connectivity index (χ1) is 44.9. The standard InChI is InChI=1S/C74H144O17P2/c1-7-10-12-14-16-18-20-22-23-24-25-27-29-35-39-47-53-59-73(78)90-69(62-84-71(76)56-50-44-37-33-31-30-32-36-43-49-55-67(6)9-3)64-88-92(80,81)86-60-68(75)61-87-93(82,83)89-65-70(63-85-72(77)57-51-45-41-40-42-48-54-66(4)5)91-74(79)58-52-46-38-34-28-26-21-19-17-15-13-11-8-2/h66-70,75H,7-65H2,1-6H3,(H,80,81)(H,82,83)/t67?,68-,69-,70-/m1/s1. The summed E-state index contributed by atoms with van der Waals surface area (Å²) in [6.45, 7) is 9.53. The highest BCUT2D eigenvalue weighted by molar-refractivity contribution is 7.47. The summed E-state index contributed by atoms with van der Waals surface area (Å²) in [5, 5.41) is 10.6. The van der Waals surface area contributed by atoms with Gasteiger partial charge in [-0.25, -0.2) is 9.13 Å². The second-order valence-electron chi connectivity index (χ2n) is 27.4. The number of hydrogen-bond donors (Lipinski definition) is 3. The van der Waals surface area contributed by atoms with Gasteiger partial charge in [0.15, 0.2) is 12.2 Å². The summed E-state index contributed by atoms with van der Waals surface area (Å²) < 4.78 is 68.4. The van der Waals surface area contributed by atoms with Gasteiger partial charge in [0, 0.05) is 25.7 Å². The van der Waals surface area contributed by atoms with Crippen molar-refractivity contribution in [2.75, 3.05) is 39.6 Å². The fourth-order valence-electron chi connectivity index (χ4n) is 11.3. The Morgan fingerprint density at radius 1 is 0.312 bits per heavy atom. The molecule has 0 radical (unpaired) electrons. The van der Waals surface area contributed by atoms with Crippen LogP contribution >= 0.6 is 15.6 Å². The zero-order chi connectivity index (χ0) is 68.6. The van der Waals surface area contributed by atoms with Crippen molar-refractivity contribution >= 4 is 39.5 Å². The van der Waals surface area contributed by atoms with Crippen LogP contribution in [0.25, 0.3) is 0 Å². The van der Waals surface area contributed by atoms with Gasteiger partial charge in [-0.15, -0.1) is 0 Å². The van der Waals surface area contributed by atoms with Crippen molar-refractivity contribution in [2.24, 2.45) is 11.8 Å². The van der Waals surface area contributed by atoms with Crippen molar-refractivity contribution in [1.29, 1.82) is 0 Å². The highest BCUT2D eigenvalue weighted by Crippen LogP contribution is 2.45. The Kier molecular flexibility index (Phi) is 64.6. The van der Waals surface area contributed by atoms with Crippen molar-refractivity contribution in [3.05, 3.63) is 0 Å². The predicted molar refractivity (Wildman–Crippen MR) is 377 cm³/mol. The summed E-state index contributed by atoms with van der Waals surface area (Å²) in [4.78, 5) is 72.7. The maximum Gasteiger partial charge on any atom is 0.472 e. The molecule has 0 aliphatic carbocycles. The minimum Gasteiger partial charge on any atom is -0.462 e. The highest BCUT2D eigenvalue weighted by Gasteiger charge is 2.30. The van der Waals surface area contributed by atoms with Crippen LogP contribution < -0.4 is 0 Å². The second kappa shape index (κ2) is 66.0. The van der Waals surface area contributed by atoms with E-state index in [1.54, 1.807) is 0 Å². The smallest absolute Gasteiger partial charge is 0.462 e. The van der Waals surface area contributed by atoms with Gasteiger partial charge in [-0.3, -0.25) is 37.3 Å². The topological polar surface area (TPSA) is 237 Å². The Hall–Kier alpha value is -1.94. The molecule has 0 saturated carbocycles. The molecule has 0 spiro atoms. The number of carbonyl (C=O) groups excluding carboxylic acids is 4. The van der Waals surface area contributed by atoms with Crippen molar-refractivity contribution in [2.45, 2.75) is 400 Å². The van der Waals surface area contributed by atoms with E-state index in [0.29, 0.717) is 31.6 Å². The molecule has 0 rings (SSSR count). The van der Waals surface area contributed by atoms with Crippen LogP contribution in [0.3, 0.4) is 0 Å². The summed E-state index contributed by atoms with van der Waals surface area (Å²) in [6.07, 6.45) is 52.7. The number of aliphatic hydroxyl groups is 1. The first-order valence-electron chi connectivity index (χ1n) is 38.5. The van der Waals surface area contributed by atoms with Gasteiger partial charge in [-0.05, 0) is 37.5 Å². The summed E-state index contributed by atoms with van der Waals surface area (Å²) in [5.74, 6) is -0.629. The van der Waals surface area contributed by atoms with Crippen LogP contribution in [0, 0.1) is 11.8 Å². The molecule has 0 aromatic rings. The van der Waals surface area contributed by atoms with Crippen molar-refractivity contribution < 1.29 is 80.2 Å². The number of ether oxygens (including phenoxy) is 4. The number of esters is 4. The largest absolute Gasteiger partial charge is 0.472 e. The Balaban J connectivity index is 5.24. The molecule has 0 aliphatic rings. The van der Waals surface area contributed by atoms with E-state index in [-0.39, 0.29) is 25.7 Å². The van der Waals surface area contributed by atoms with Gasteiger partial charge in [0.1, 0.15) is 19.3 Å². The maximum atomic E-state index is 13.1. The molecule has 0 saturated heterocycles. The van der Waals surface area contributed by atoms with Crippen molar-refractivity contribution in [3.8, 4) is 0 Å². The monoisotopic (exact) mass is 1370 g/mol. The fraction of sp³-hybridized carbons (Fsp3) is 0.946. The molecule has 0 aliphatic heterocycles. The van der Waals surface area contributed by atoms with Crippen LogP contribution in [0.1, 0.15) is 382 Å². The van der Waals surface area contributed by atoms with Gasteiger partial charge in [0.2, 0.25) is 0 Å². The molecule has 0 heterocycles. The van der Waals surface area contributed by atoms with E-state index < -0.39 is 97.5 Å². The second-order valence-corrected chi connectivity index (χ2v) is 30.3. The molecule has 0 aromatic carbocycles. The molecule has 93 heavy (non-hydrogen) atoms. The average molecular weight is 1370 g/mol. The van der Waals surface area contributed by atoms with E-state index >= 15 is 0 Å². The van der Waals surface area contributed by atoms with Crippen LogP contribution in [0.2, 0.25) is 0 Å². The number of carbonyl (C=O) groups is 4. The van der Waals surface area contributed by atoms with E-state index in [2.05, 4.69) is 41.5 Å². The Morgan fingerprint density at radius 3 is 0.817 bits per heavy atom. The number of hydrogen-bond acceptors (Lipinski definition) is 15. The normalized spacial score (nSPS) is 14.3. The molecule has 552 valence electrons. The molecule has 0 aromatic heterocycles. The molecule has 17 nitrogen and oxygen atoms in total. The number of phosphoric ester groups is 2. The van der Waals surface area contributed by atoms with Crippen LogP contribution in [0.15, 0.2) is 0 Å². The number of unbranched alkanes of at least 4 members (excludes halogenated alkanes) is 42. The average Bonchev–Trinajstić information content (AvgIpc) is 2.20. The molecule has 0 fully saturated rings. The predicted octanol–water partition coefficient (Wildman–Crippen LogP) is 21.6. The van der Waals surface area contributed by atoms with Crippen LogP contribution in [-0.4, -0.2) is 96.7 Å². The van der Waals surface area contributed by atoms with E-state index in [9.17, 15) is 43.2 Å². The molecule has 3 N–H and O–H groups in total. The van der Waals surface area contributed by atoms with Crippen molar-refractivity contribution in [3.63, 3.8) is 0 Å². The zero-order valence-electron chi connectivity index (χ0n) is 60.6. The van der Waals surface area contributed by atoms with Crippen molar-refractivity contribution in [1.82, 2.24) is 0 Å². The lowest BCUT2D eigenvalue weighted by Crippen LogP contribution is -2.30. The Bertz CT molecular complexity index is 1810. The minimum atomic E-state index is -4.96. The lowest BCUT2D eigenvalue weighted by Gasteiger charge is -2.21. The summed E-state index contributed by atoms with van der Waals surface area (Å²) in [5.41, 5.74) is 0. The molecular weight excluding hydrogens is 1220 g/mol. The third kappa shape index (κ3) is 67.0. The van der Waals surface area contributed by atoms with Gasteiger partial charge >= 0.3 is 39.5 Å². The third-order valence-electron chi connectivity index (χ3n) is 17.6. The first-order valence-corrected chi connectivity index (χ1v) is 41.5. The molecule has 3 unspecified atom stereocenters. The van der Waals surface area contributed by atoms with Crippen LogP contribution in [-0.2, 0) is 65.4 Å². The van der Waals surface area contributed by atoms with Gasteiger partial charge in [0.05, 0.1) is 26.4 Å². The van der Waals surface area contributed by atoms with Gasteiger partial charge in [0.25, 0.3) is 0 Å². The fourth-order valence-corrected chi connectivity index (χ4v) is 12.8. The van der Waals surface area contributed by atoms with E-state index in [4.69, 9.17) is 37.0 Å². The molecular formula is C74H144O17P2. The number of aliphatic hydroxyl groups excluding tert-OH is 1. The summed E-state index contributed by atoms with van der Waals surface area (Å²) in [6, 6.07) is 0. The highest BCUT2D eigenvalue weighted by atomic mass is 31.2. The first kappa shape index (κ1) is 91.1. The van der Waals surface area contributed by atoms with E-state index in [0.717, 1.165) is 102 Å². The number of phosphoric acid groups is 2. The Morgan fingerprint density at radius 2 is 0.548 bits per heavy atom. The van der Waals surface area contributed by atoms with Gasteiger partial charge in [-0.2, -0.15) is 0 Å². The SMILES string of the molecule is CCCCCCCCCCCCCCCCCCCC(=O)O[C@H](COC(=O)CCCCCCCCCCCCC(C)CC)COP(=O)(O)OC[C@@H](O)COP(=O)(O)OC[C@@H](COC(=O)CCCCCCCCC(C)C)OC(=O)CCCCCCCCCCCCCCC. The lowest BCUT2D eigenvalue weighted by atomic mass is 9.99. The maximum absolute atomic E-state index is 13.1. The molecule has 19 heteroatoms. The van der Waals surface area contributed by atoms with E-state index in [1.807, 2.05) is 0 Å². The zero-order valence-corrected chi connectivity index (χ0v) is 62.3. The summed E-state index contributed by atoms with van der Waals surface area (Å²) in [7, 11) is -9.91. The van der Waals surface area contributed by atoms with Crippen LogP contribution in [0.5, 0.6) is 0 Å². The quantitative estimate of drug-likeness (QED) is 0.0222. The van der Waals surface area contributed by atoms with Gasteiger partial charge < -0.3 is 33.8 Å². The molecule has 0 bridgehead atoms. The minimum absolute atomic E-state index is 0.107. The summed E-state index contributed by atoms with van der Waals surface area (Å²) >= 11 is 0. The van der Waals surface area contributed by atoms with Gasteiger partial charge in [-0.1, -0.05) is 330 Å². The van der Waals surface area contributed by atoms with Crippen LogP contribution in [0.4, 0.5) is 0 Å². The van der Waals surface area contributed by atoms with E-state index in [1.165, 1.54) is 193 Å². The molecule has 0 amide bonds. The number of rotatable bonds is 73. The lowest BCUT2D eigenvalue weighted by molar-refractivity contribution is -0.161. The third-order valence-corrected chi connectivity index (χ3v) is 19.5.